The minimum atomic E-state index is 0.000705. The van der Waals surface area contributed by atoms with E-state index in [1.165, 1.54) is 19.3 Å². The highest BCUT2D eigenvalue weighted by Crippen LogP contribution is 2.27. The smallest absolute Gasteiger partial charge is 0.273 e. The minimum Gasteiger partial charge on any atom is -0.368 e. The van der Waals surface area contributed by atoms with Crippen LogP contribution in [0.2, 0.25) is 0 Å². The van der Waals surface area contributed by atoms with Crippen LogP contribution in [-0.2, 0) is 6.54 Å². The van der Waals surface area contributed by atoms with Gasteiger partial charge in [0, 0.05) is 37.1 Å². The number of pyridine rings is 1. The number of aromatic nitrogens is 1. The van der Waals surface area contributed by atoms with E-state index in [2.05, 4.69) is 42.8 Å². The Labute approximate surface area is 163 Å². The van der Waals surface area contributed by atoms with E-state index in [4.69, 9.17) is 0 Å². The van der Waals surface area contributed by atoms with Crippen molar-refractivity contribution >= 4 is 11.6 Å². The van der Waals surface area contributed by atoms with Crippen molar-refractivity contribution in [1.82, 2.24) is 9.88 Å². The van der Waals surface area contributed by atoms with Gasteiger partial charge in [-0.2, -0.15) is 0 Å². The lowest BCUT2D eigenvalue weighted by Crippen LogP contribution is -2.40. The predicted molar refractivity (Wildman–Crippen MR) is 111 cm³/mol. The second-order valence-corrected chi connectivity index (χ2v) is 7.66. The Morgan fingerprint density at radius 1 is 1.22 bits per heavy atom. The normalized spacial score (nSPS) is 17.2. The lowest BCUT2D eigenvalue weighted by Gasteiger charge is -2.37. The number of rotatable bonds is 6. The van der Waals surface area contributed by atoms with Gasteiger partial charge < -0.3 is 9.80 Å². The molecule has 4 nitrogen and oxygen atoms in total. The Hall–Kier alpha value is -2.36. The molecule has 1 aromatic carbocycles. The molecule has 0 N–H and O–H groups in total. The molecule has 27 heavy (non-hydrogen) atoms. The van der Waals surface area contributed by atoms with Gasteiger partial charge in [-0.25, -0.2) is 0 Å². The quantitative estimate of drug-likeness (QED) is 0.730. The molecule has 4 heteroatoms. The number of piperidine rings is 1. The largest absolute Gasteiger partial charge is 0.368 e. The number of anilines is 1. The maximum absolute atomic E-state index is 13.2. The Morgan fingerprint density at radius 2 is 2.00 bits per heavy atom. The minimum absolute atomic E-state index is 0.000705. The van der Waals surface area contributed by atoms with E-state index in [0.717, 1.165) is 24.2 Å². The molecule has 1 saturated heterocycles. The van der Waals surface area contributed by atoms with Crippen molar-refractivity contribution in [3.05, 3.63) is 59.9 Å². The molecule has 1 aromatic heterocycles. The highest BCUT2D eigenvalue weighted by Gasteiger charge is 2.24. The molecule has 1 aliphatic rings. The molecule has 0 aliphatic carbocycles. The van der Waals surface area contributed by atoms with Gasteiger partial charge in [0.05, 0.1) is 0 Å². The SMILES string of the molecule is CCC1CCCCN1c1ccnc(C(=O)N(Cc2ccccc2)C(C)C)c1. The molecular weight excluding hydrogens is 334 g/mol. The van der Waals surface area contributed by atoms with E-state index >= 15 is 0 Å². The highest BCUT2D eigenvalue weighted by molar-refractivity contribution is 5.93. The van der Waals surface area contributed by atoms with Crippen LogP contribution in [-0.4, -0.2) is 34.4 Å². The van der Waals surface area contributed by atoms with Gasteiger partial charge in [0.1, 0.15) is 5.69 Å². The van der Waals surface area contributed by atoms with Crippen LogP contribution in [0.5, 0.6) is 0 Å². The van der Waals surface area contributed by atoms with Crippen LogP contribution in [0.4, 0.5) is 5.69 Å². The first-order valence-electron chi connectivity index (χ1n) is 10.2. The third-order valence-corrected chi connectivity index (χ3v) is 5.47. The second kappa shape index (κ2) is 9.03. The van der Waals surface area contributed by atoms with E-state index < -0.39 is 0 Å². The third kappa shape index (κ3) is 4.68. The monoisotopic (exact) mass is 365 g/mol. The van der Waals surface area contributed by atoms with E-state index in [0.29, 0.717) is 18.3 Å². The summed E-state index contributed by atoms with van der Waals surface area (Å²) in [6.07, 6.45) is 6.66. The molecule has 1 unspecified atom stereocenters. The summed E-state index contributed by atoms with van der Waals surface area (Å²) in [5.41, 5.74) is 2.80. The van der Waals surface area contributed by atoms with Crippen LogP contribution in [0.25, 0.3) is 0 Å². The van der Waals surface area contributed by atoms with E-state index in [1.54, 1.807) is 6.20 Å². The van der Waals surface area contributed by atoms with Crippen LogP contribution in [0.15, 0.2) is 48.7 Å². The predicted octanol–water partition coefficient (Wildman–Crippen LogP) is 4.90. The van der Waals surface area contributed by atoms with Crippen molar-refractivity contribution in [3.8, 4) is 0 Å². The molecule has 0 spiro atoms. The number of carbonyl (C=O) groups is 1. The van der Waals surface area contributed by atoms with Crippen LogP contribution in [0.3, 0.4) is 0 Å². The fourth-order valence-electron chi connectivity index (χ4n) is 3.90. The summed E-state index contributed by atoms with van der Waals surface area (Å²) >= 11 is 0. The molecule has 1 amide bonds. The van der Waals surface area contributed by atoms with Crippen LogP contribution >= 0.6 is 0 Å². The summed E-state index contributed by atoms with van der Waals surface area (Å²) in [5, 5.41) is 0. The molecule has 1 fully saturated rings. The van der Waals surface area contributed by atoms with Crippen molar-refractivity contribution in [3.63, 3.8) is 0 Å². The molecule has 1 aliphatic heterocycles. The van der Waals surface area contributed by atoms with Gasteiger partial charge in [0.25, 0.3) is 5.91 Å². The molecule has 0 bridgehead atoms. The second-order valence-electron chi connectivity index (χ2n) is 7.66. The lowest BCUT2D eigenvalue weighted by atomic mass is 9.99. The number of hydrogen-bond donors (Lipinski definition) is 0. The van der Waals surface area contributed by atoms with Crippen molar-refractivity contribution in [2.45, 2.75) is 65.1 Å². The Kier molecular flexibility index (Phi) is 6.49. The lowest BCUT2D eigenvalue weighted by molar-refractivity contribution is 0.0684. The average Bonchev–Trinajstić information content (AvgIpc) is 2.72. The first-order chi connectivity index (χ1) is 13.1. The first kappa shape index (κ1) is 19.4. The molecule has 1 atom stereocenters. The zero-order valence-corrected chi connectivity index (χ0v) is 16.8. The van der Waals surface area contributed by atoms with Crippen molar-refractivity contribution < 1.29 is 4.79 Å². The zero-order valence-electron chi connectivity index (χ0n) is 16.8. The Balaban J connectivity index is 1.82. The first-order valence-corrected chi connectivity index (χ1v) is 10.2. The summed E-state index contributed by atoms with van der Waals surface area (Å²) in [5.74, 6) is 0.000705. The van der Waals surface area contributed by atoms with Gasteiger partial charge in [0.15, 0.2) is 0 Å². The van der Waals surface area contributed by atoms with Gasteiger partial charge in [-0.3, -0.25) is 9.78 Å². The van der Waals surface area contributed by atoms with Gasteiger partial charge in [-0.1, -0.05) is 37.3 Å². The standard InChI is InChI=1S/C23H31N3O/c1-4-20-12-8-9-15-25(20)21-13-14-24-22(16-21)23(27)26(18(2)3)17-19-10-6-5-7-11-19/h5-7,10-11,13-14,16,18,20H,4,8-9,12,15,17H2,1-3H3. The molecular formula is C23H31N3O. The summed E-state index contributed by atoms with van der Waals surface area (Å²) in [6.45, 7) is 8.03. The summed E-state index contributed by atoms with van der Waals surface area (Å²) in [6, 6.07) is 14.8. The van der Waals surface area contributed by atoms with E-state index in [9.17, 15) is 4.79 Å². The summed E-state index contributed by atoms with van der Waals surface area (Å²) in [7, 11) is 0. The van der Waals surface area contributed by atoms with Gasteiger partial charge in [0.2, 0.25) is 0 Å². The summed E-state index contributed by atoms with van der Waals surface area (Å²) < 4.78 is 0. The zero-order chi connectivity index (χ0) is 19.2. The fourth-order valence-corrected chi connectivity index (χ4v) is 3.90. The Bertz CT molecular complexity index is 744. The van der Waals surface area contributed by atoms with Crippen LogP contribution in [0, 0.1) is 0 Å². The number of amides is 1. The number of nitrogens with zero attached hydrogens (tertiary/aromatic N) is 3. The summed E-state index contributed by atoms with van der Waals surface area (Å²) in [4.78, 5) is 22.0. The fraction of sp³-hybridized carbons (Fsp3) is 0.478. The molecule has 2 heterocycles. The third-order valence-electron chi connectivity index (χ3n) is 5.47. The average molecular weight is 366 g/mol. The van der Waals surface area contributed by atoms with Crippen molar-refractivity contribution in [2.24, 2.45) is 0 Å². The topological polar surface area (TPSA) is 36.4 Å². The highest BCUT2D eigenvalue weighted by atomic mass is 16.2. The maximum Gasteiger partial charge on any atom is 0.273 e. The maximum atomic E-state index is 13.2. The number of hydrogen-bond acceptors (Lipinski definition) is 3. The van der Waals surface area contributed by atoms with Crippen molar-refractivity contribution in [2.75, 3.05) is 11.4 Å². The van der Waals surface area contributed by atoms with E-state index in [-0.39, 0.29) is 11.9 Å². The van der Waals surface area contributed by atoms with Crippen molar-refractivity contribution in [1.29, 1.82) is 0 Å². The molecule has 0 radical (unpaired) electrons. The molecule has 144 valence electrons. The van der Waals surface area contributed by atoms with Crippen LogP contribution in [0.1, 0.15) is 62.5 Å². The molecule has 0 saturated carbocycles. The molecule has 2 aromatic rings. The van der Waals surface area contributed by atoms with E-state index in [1.807, 2.05) is 35.2 Å². The van der Waals surface area contributed by atoms with Gasteiger partial charge in [-0.05, 0) is 57.2 Å². The van der Waals surface area contributed by atoms with Crippen LogP contribution < -0.4 is 4.90 Å². The molecule has 3 rings (SSSR count). The van der Waals surface area contributed by atoms with Gasteiger partial charge in [-0.15, -0.1) is 0 Å². The van der Waals surface area contributed by atoms with Gasteiger partial charge >= 0.3 is 0 Å². The Morgan fingerprint density at radius 3 is 2.70 bits per heavy atom. The number of carbonyl (C=O) groups excluding carboxylic acids is 1. The number of benzene rings is 1.